The molecule has 0 radical (unpaired) electrons. The molecule has 0 atom stereocenters. The Kier molecular flexibility index (Phi) is 6.02. The van der Waals surface area contributed by atoms with Crippen molar-refractivity contribution < 1.29 is 14.7 Å². The molecule has 2 aromatic carbocycles. The van der Waals surface area contributed by atoms with Gasteiger partial charge in [-0.3, -0.25) is 9.59 Å². The normalized spacial score (nSPS) is 13.9. The van der Waals surface area contributed by atoms with Crippen LogP contribution in [0.15, 0.2) is 48.5 Å². The predicted molar refractivity (Wildman–Crippen MR) is 101 cm³/mol. The second kappa shape index (κ2) is 8.63. The van der Waals surface area contributed by atoms with Crippen molar-refractivity contribution in [2.75, 3.05) is 26.2 Å². The Morgan fingerprint density at radius 1 is 1.04 bits per heavy atom. The number of aliphatic hydroxyl groups is 1. The van der Waals surface area contributed by atoms with Crippen molar-refractivity contribution in [3.63, 3.8) is 0 Å². The molecule has 0 aromatic heterocycles. The molecule has 26 heavy (non-hydrogen) atoms. The third-order valence-corrected chi connectivity index (χ3v) is 4.67. The van der Waals surface area contributed by atoms with Crippen LogP contribution in [-0.2, 0) is 11.2 Å². The van der Waals surface area contributed by atoms with Crippen LogP contribution >= 0.6 is 0 Å². The van der Waals surface area contributed by atoms with E-state index >= 15 is 0 Å². The van der Waals surface area contributed by atoms with Crippen molar-refractivity contribution >= 4 is 11.8 Å². The van der Waals surface area contributed by atoms with E-state index in [1.54, 1.807) is 4.90 Å². The summed E-state index contributed by atoms with van der Waals surface area (Å²) in [7, 11) is 0. The number of rotatable bonds is 7. The summed E-state index contributed by atoms with van der Waals surface area (Å²) in [5.74, 6) is 0.0510. The van der Waals surface area contributed by atoms with Gasteiger partial charge < -0.3 is 15.3 Å². The monoisotopic (exact) mass is 352 g/mol. The molecule has 5 nitrogen and oxygen atoms in total. The molecule has 0 aliphatic carbocycles. The Hall–Kier alpha value is -2.66. The first-order valence-corrected chi connectivity index (χ1v) is 9.03. The summed E-state index contributed by atoms with van der Waals surface area (Å²) < 4.78 is 0. The maximum absolute atomic E-state index is 12.2. The van der Waals surface area contributed by atoms with Gasteiger partial charge in [-0.25, -0.2) is 0 Å². The molecule has 2 aromatic rings. The number of likely N-dealkylation sites (tertiary alicyclic amines) is 1. The van der Waals surface area contributed by atoms with E-state index in [1.807, 2.05) is 48.5 Å². The highest BCUT2D eigenvalue weighted by Gasteiger charge is 2.19. The molecule has 1 aliphatic heterocycles. The fourth-order valence-corrected chi connectivity index (χ4v) is 3.15. The van der Waals surface area contributed by atoms with E-state index in [4.69, 9.17) is 5.11 Å². The SMILES string of the molecule is O=C(NCCN1CCCC1=O)c1ccc(-c2ccc(CCO)cc2)cc1. The summed E-state index contributed by atoms with van der Waals surface area (Å²) in [4.78, 5) is 25.6. The summed E-state index contributed by atoms with van der Waals surface area (Å²) in [5.41, 5.74) is 3.83. The number of aliphatic hydroxyl groups excluding tert-OH is 1. The number of nitrogens with zero attached hydrogens (tertiary/aromatic N) is 1. The summed E-state index contributed by atoms with van der Waals surface area (Å²) in [5, 5.41) is 11.8. The molecule has 1 heterocycles. The molecule has 1 fully saturated rings. The van der Waals surface area contributed by atoms with Crippen molar-refractivity contribution in [3.05, 3.63) is 59.7 Å². The Balaban J connectivity index is 1.54. The van der Waals surface area contributed by atoms with Crippen molar-refractivity contribution in [3.8, 4) is 11.1 Å². The largest absolute Gasteiger partial charge is 0.396 e. The van der Waals surface area contributed by atoms with Crippen LogP contribution in [0.4, 0.5) is 0 Å². The average Bonchev–Trinajstić information content (AvgIpc) is 3.08. The molecular weight excluding hydrogens is 328 g/mol. The third kappa shape index (κ3) is 4.49. The molecule has 1 aliphatic rings. The number of amides is 2. The molecule has 0 spiro atoms. The zero-order chi connectivity index (χ0) is 18.4. The van der Waals surface area contributed by atoms with E-state index in [9.17, 15) is 9.59 Å². The molecule has 2 N–H and O–H groups in total. The van der Waals surface area contributed by atoms with Gasteiger partial charge in [-0.15, -0.1) is 0 Å². The van der Waals surface area contributed by atoms with E-state index < -0.39 is 0 Å². The van der Waals surface area contributed by atoms with Crippen molar-refractivity contribution in [1.82, 2.24) is 10.2 Å². The quantitative estimate of drug-likeness (QED) is 0.803. The molecule has 1 saturated heterocycles. The van der Waals surface area contributed by atoms with Gasteiger partial charge in [0.05, 0.1) is 0 Å². The van der Waals surface area contributed by atoms with Gasteiger partial charge in [-0.1, -0.05) is 36.4 Å². The first kappa shape index (κ1) is 18.1. The first-order chi connectivity index (χ1) is 12.7. The minimum Gasteiger partial charge on any atom is -0.396 e. The van der Waals surface area contributed by atoms with E-state index in [2.05, 4.69) is 5.32 Å². The van der Waals surface area contributed by atoms with Gasteiger partial charge in [0.15, 0.2) is 0 Å². The lowest BCUT2D eigenvalue weighted by Crippen LogP contribution is -2.35. The Morgan fingerprint density at radius 3 is 2.27 bits per heavy atom. The highest BCUT2D eigenvalue weighted by atomic mass is 16.3. The Morgan fingerprint density at radius 2 is 1.69 bits per heavy atom. The second-order valence-corrected chi connectivity index (χ2v) is 6.49. The van der Waals surface area contributed by atoms with Crippen LogP contribution in [-0.4, -0.2) is 48.1 Å². The lowest BCUT2D eigenvalue weighted by molar-refractivity contribution is -0.127. The van der Waals surface area contributed by atoms with E-state index in [0.29, 0.717) is 31.5 Å². The third-order valence-electron chi connectivity index (χ3n) is 4.67. The molecule has 0 bridgehead atoms. The summed E-state index contributed by atoms with van der Waals surface area (Å²) in [6.45, 7) is 1.98. The minimum atomic E-state index is -0.124. The molecule has 0 saturated carbocycles. The number of carbonyl (C=O) groups is 2. The molecule has 3 rings (SSSR count). The summed E-state index contributed by atoms with van der Waals surface area (Å²) in [6, 6.07) is 15.5. The van der Waals surface area contributed by atoms with Crippen LogP contribution in [0.1, 0.15) is 28.8 Å². The molecule has 136 valence electrons. The van der Waals surface area contributed by atoms with Crippen LogP contribution in [0.3, 0.4) is 0 Å². The fraction of sp³-hybridized carbons (Fsp3) is 0.333. The second-order valence-electron chi connectivity index (χ2n) is 6.49. The van der Waals surface area contributed by atoms with E-state index in [1.165, 1.54) is 0 Å². The zero-order valence-electron chi connectivity index (χ0n) is 14.8. The van der Waals surface area contributed by atoms with Gasteiger partial charge >= 0.3 is 0 Å². The predicted octanol–water partition coefficient (Wildman–Crippen LogP) is 2.24. The maximum atomic E-state index is 12.2. The smallest absolute Gasteiger partial charge is 0.251 e. The van der Waals surface area contributed by atoms with Gasteiger partial charge in [0.25, 0.3) is 5.91 Å². The van der Waals surface area contributed by atoms with Crippen LogP contribution in [0, 0.1) is 0 Å². The van der Waals surface area contributed by atoms with Gasteiger partial charge in [0.1, 0.15) is 0 Å². The first-order valence-electron chi connectivity index (χ1n) is 9.03. The maximum Gasteiger partial charge on any atom is 0.251 e. The zero-order valence-corrected chi connectivity index (χ0v) is 14.8. The standard InChI is InChI=1S/C21H24N2O3/c24-15-11-16-3-5-17(6-4-16)18-7-9-19(10-8-18)21(26)22-12-14-23-13-1-2-20(23)25/h3-10,24H,1-2,11-15H2,(H,22,26). The van der Waals surface area contributed by atoms with Gasteiger partial charge in [-0.2, -0.15) is 0 Å². The summed E-state index contributed by atoms with van der Waals surface area (Å²) >= 11 is 0. The Bertz CT molecular complexity index is 754. The highest BCUT2D eigenvalue weighted by molar-refractivity contribution is 5.94. The Labute approximate surface area is 153 Å². The molecule has 0 unspecified atom stereocenters. The van der Waals surface area contributed by atoms with E-state index in [-0.39, 0.29) is 18.4 Å². The van der Waals surface area contributed by atoms with Gasteiger partial charge in [0, 0.05) is 38.2 Å². The lowest BCUT2D eigenvalue weighted by atomic mass is 10.0. The van der Waals surface area contributed by atoms with Crippen LogP contribution < -0.4 is 5.32 Å². The topological polar surface area (TPSA) is 69.6 Å². The fourth-order valence-electron chi connectivity index (χ4n) is 3.15. The minimum absolute atomic E-state index is 0.124. The van der Waals surface area contributed by atoms with Gasteiger partial charge in [-0.05, 0) is 41.7 Å². The number of carbonyl (C=O) groups excluding carboxylic acids is 2. The lowest BCUT2D eigenvalue weighted by Gasteiger charge is -2.15. The summed E-state index contributed by atoms with van der Waals surface area (Å²) in [6.07, 6.45) is 2.19. The van der Waals surface area contributed by atoms with Crippen LogP contribution in [0.2, 0.25) is 0 Å². The van der Waals surface area contributed by atoms with Crippen molar-refractivity contribution in [2.24, 2.45) is 0 Å². The average molecular weight is 352 g/mol. The molecule has 5 heteroatoms. The molecule has 2 amide bonds. The molecular formula is C21H24N2O3. The van der Waals surface area contributed by atoms with Gasteiger partial charge in [0.2, 0.25) is 5.91 Å². The number of hydrogen-bond donors (Lipinski definition) is 2. The van der Waals surface area contributed by atoms with Crippen molar-refractivity contribution in [1.29, 1.82) is 0 Å². The van der Waals surface area contributed by atoms with Crippen LogP contribution in [0.5, 0.6) is 0 Å². The highest BCUT2D eigenvalue weighted by Crippen LogP contribution is 2.20. The number of hydrogen-bond acceptors (Lipinski definition) is 3. The number of benzene rings is 2. The van der Waals surface area contributed by atoms with Crippen LogP contribution in [0.25, 0.3) is 11.1 Å². The van der Waals surface area contributed by atoms with E-state index in [0.717, 1.165) is 29.7 Å². The van der Waals surface area contributed by atoms with Crippen molar-refractivity contribution in [2.45, 2.75) is 19.3 Å². The number of nitrogens with one attached hydrogen (secondary N) is 1.